The lowest BCUT2D eigenvalue weighted by Gasteiger charge is -2.42. The van der Waals surface area contributed by atoms with E-state index in [0.717, 1.165) is 42.1 Å². The summed E-state index contributed by atoms with van der Waals surface area (Å²) in [4.78, 5) is 14.6. The van der Waals surface area contributed by atoms with Gasteiger partial charge in [0.1, 0.15) is 5.75 Å². The van der Waals surface area contributed by atoms with Crippen LogP contribution < -0.4 is 9.46 Å². The smallest absolute Gasteiger partial charge is 0.483 e. The first-order valence-corrected chi connectivity index (χ1v) is 13.2. The monoisotopic (exact) mass is 516 g/mol. The summed E-state index contributed by atoms with van der Waals surface area (Å²) in [6.45, 7) is -0.0891. The fraction of sp³-hybridized carbons (Fsp3) is 0.636. The lowest BCUT2D eigenvalue weighted by atomic mass is 9.81. The molecule has 2 bridgehead atoms. The molecule has 13 heteroatoms. The molecule has 1 saturated carbocycles. The number of piperidine rings is 1. The van der Waals surface area contributed by atoms with E-state index in [-0.39, 0.29) is 38.2 Å². The predicted molar refractivity (Wildman–Crippen MR) is 119 cm³/mol. The number of rotatable bonds is 2. The van der Waals surface area contributed by atoms with Gasteiger partial charge < -0.3 is 14.4 Å². The van der Waals surface area contributed by atoms with Crippen molar-refractivity contribution in [3.63, 3.8) is 0 Å². The van der Waals surface area contributed by atoms with Crippen LogP contribution in [-0.2, 0) is 19.6 Å². The van der Waals surface area contributed by atoms with Crippen molar-refractivity contribution in [2.45, 2.75) is 68.1 Å². The number of hydrogen-bond acceptors (Lipinski definition) is 6. The normalized spacial score (nSPS) is 28.4. The van der Waals surface area contributed by atoms with E-state index in [1.54, 1.807) is 17.0 Å². The molecule has 6 rings (SSSR count). The Morgan fingerprint density at radius 1 is 1.14 bits per heavy atom. The number of nitrogens with one attached hydrogen (secondary N) is 2. The van der Waals surface area contributed by atoms with E-state index in [0.29, 0.717) is 12.2 Å². The number of sulfonamides is 1. The minimum atomic E-state index is -5.57. The summed E-state index contributed by atoms with van der Waals surface area (Å²) in [6, 6.07) is 1.66. The van der Waals surface area contributed by atoms with Gasteiger partial charge >= 0.3 is 15.5 Å². The molecule has 192 valence electrons. The lowest BCUT2D eigenvalue weighted by molar-refractivity contribution is -0.140. The minimum absolute atomic E-state index is 0.0506. The molecule has 1 aromatic carbocycles. The van der Waals surface area contributed by atoms with Crippen LogP contribution in [-0.4, -0.2) is 72.9 Å². The Morgan fingerprint density at radius 3 is 2.66 bits per heavy atom. The molecule has 1 unspecified atom stereocenters. The molecule has 1 saturated heterocycles. The van der Waals surface area contributed by atoms with Gasteiger partial charge in [0.15, 0.2) is 6.61 Å². The average Bonchev–Trinajstić information content (AvgIpc) is 3.29. The van der Waals surface area contributed by atoms with Crippen LogP contribution in [0.3, 0.4) is 0 Å². The first kappa shape index (κ1) is 24.3. The number of benzene rings is 1. The molecule has 0 spiro atoms. The van der Waals surface area contributed by atoms with Crippen LogP contribution in [0.4, 0.5) is 13.2 Å². The van der Waals surface area contributed by atoms with E-state index in [2.05, 4.69) is 10.2 Å². The van der Waals surface area contributed by atoms with Gasteiger partial charge in [-0.25, -0.2) is 13.1 Å². The number of alkyl halides is 3. The third-order valence-corrected chi connectivity index (χ3v) is 8.50. The number of carbonyl (C=O) groups excluding carboxylic acids is 1. The molecular formula is C22H27F3N4O5S. The molecule has 2 atom stereocenters. The van der Waals surface area contributed by atoms with Gasteiger partial charge in [0.05, 0.1) is 30.5 Å². The molecule has 3 aliphatic heterocycles. The summed E-state index contributed by atoms with van der Waals surface area (Å²) in [5.41, 5.74) is -3.57. The van der Waals surface area contributed by atoms with Crippen molar-refractivity contribution in [2.75, 3.05) is 19.8 Å². The Bertz CT molecular complexity index is 1190. The number of aromatic amines is 1. The number of aromatic nitrogens is 2. The predicted octanol–water partition coefficient (Wildman–Crippen LogP) is 2.80. The standard InChI is InChI=1S/C22H27F3N4O5S/c23-22(24,25)35(31,32)28-17-2-1-9-29-18(17)11-33-14-5-3-13(4-6-14)21-15-10-26-27-16(15)7-8-19(21)34-12-20(29)30/h7-8,10,13-14,17-18,28H,1-6,9,11-12H2,(H,26,27)/t13?,14?,17?,18-/m0/s1. The number of amides is 1. The molecule has 1 amide bonds. The highest BCUT2D eigenvalue weighted by molar-refractivity contribution is 7.90. The van der Waals surface area contributed by atoms with Crippen LogP contribution in [0.25, 0.3) is 10.9 Å². The minimum Gasteiger partial charge on any atom is -0.483 e. The fourth-order valence-corrected chi connectivity index (χ4v) is 6.32. The second kappa shape index (κ2) is 9.25. The van der Waals surface area contributed by atoms with E-state index in [4.69, 9.17) is 9.47 Å². The van der Waals surface area contributed by atoms with Crippen molar-refractivity contribution in [1.82, 2.24) is 19.8 Å². The number of fused-ring (bicyclic) bond motifs is 6. The van der Waals surface area contributed by atoms with Gasteiger partial charge in [-0.05, 0) is 56.6 Å². The summed E-state index contributed by atoms with van der Waals surface area (Å²) in [6.07, 6.45) is 5.25. The molecule has 2 N–H and O–H groups in total. The largest absolute Gasteiger partial charge is 0.511 e. The van der Waals surface area contributed by atoms with Crippen molar-refractivity contribution in [1.29, 1.82) is 0 Å². The molecule has 0 radical (unpaired) electrons. The first-order chi connectivity index (χ1) is 16.6. The number of ether oxygens (including phenoxy) is 2. The van der Waals surface area contributed by atoms with Gasteiger partial charge in [-0.15, -0.1) is 0 Å². The maximum absolute atomic E-state index is 13.2. The third-order valence-electron chi connectivity index (χ3n) is 7.27. The lowest BCUT2D eigenvalue weighted by Crippen LogP contribution is -2.60. The molecule has 1 aromatic heterocycles. The Morgan fingerprint density at radius 2 is 1.91 bits per heavy atom. The Balaban J connectivity index is 1.46. The van der Waals surface area contributed by atoms with Crippen molar-refractivity contribution in [3.8, 4) is 5.75 Å². The summed E-state index contributed by atoms with van der Waals surface area (Å²) in [5, 5.41) is 8.04. The van der Waals surface area contributed by atoms with Crippen molar-refractivity contribution in [3.05, 3.63) is 23.9 Å². The number of halogens is 3. The van der Waals surface area contributed by atoms with Gasteiger partial charge in [0.25, 0.3) is 5.91 Å². The molecular weight excluding hydrogens is 489 g/mol. The SMILES string of the molecule is O=C1COc2ccc3[nH]ncc3c2C2CCC(CC2)OC[C@H]2C(NS(=O)(=O)C(F)(F)F)CCCN12. The summed E-state index contributed by atoms with van der Waals surface area (Å²) >= 11 is 0. The molecule has 1 aliphatic carbocycles. The van der Waals surface area contributed by atoms with Crippen LogP contribution in [0.5, 0.6) is 5.75 Å². The first-order valence-electron chi connectivity index (χ1n) is 11.7. The van der Waals surface area contributed by atoms with Crippen molar-refractivity contribution >= 4 is 26.8 Å². The van der Waals surface area contributed by atoms with E-state index < -0.39 is 33.5 Å². The molecule has 35 heavy (non-hydrogen) atoms. The summed E-state index contributed by atoms with van der Waals surface area (Å²) in [7, 11) is -5.57. The van der Waals surface area contributed by atoms with Gasteiger partial charge in [-0.1, -0.05) is 0 Å². The van der Waals surface area contributed by atoms with Gasteiger partial charge in [-0.2, -0.15) is 18.3 Å². The van der Waals surface area contributed by atoms with E-state index in [1.165, 1.54) is 4.90 Å². The second-order valence-corrected chi connectivity index (χ2v) is 11.1. The molecule has 9 nitrogen and oxygen atoms in total. The van der Waals surface area contributed by atoms with Gasteiger partial charge in [0, 0.05) is 23.5 Å². The number of H-pyrrole nitrogens is 1. The third kappa shape index (κ3) is 4.73. The zero-order valence-electron chi connectivity index (χ0n) is 18.9. The molecule has 2 fully saturated rings. The average molecular weight is 517 g/mol. The summed E-state index contributed by atoms with van der Waals surface area (Å²) < 4.78 is 76.7. The zero-order valence-corrected chi connectivity index (χ0v) is 19.7. The highest BCUT2D eigenvalue weighted by Crippen LogP contribution is 2.42. The Labute approximate surface area is 200 Å². The van der Waals surface area contributed by atoms with Crippen LogP contribution in [0.2, 0.25) is 0 Å². The molecule has 4 heterocycles. The zero-order chi connectivity index (χ0) is 24.8. The summed E-state index contributed by atoms with van der Waals surface area (Å²) in [5.74, 6) is 0.342. The quantitative estimate of drug-likeness (QED) is 0.635. The second-order valence-electron chi connectivity index (χ2n) is 9.37. The fourth-order valence-electron chi connectivity index (χ4n) is 5.52. The Hall–Kier alpha value is -2.38. The topological polar surface area (TPSA) is 114 Å². The van der Waals surface area contributed by atoms with E-state index in [9.17, 15) is 26.4 Å². The number of nitrogens with zero attached hydrogens (tertiary/aromatic N) is 2. The van der Waals surface area contributed by atoms with Gasteiger partial charge in [-0.3, -0.25) is 9.89 Å². The van der Waals surface area contributed by atoms with Crippen LogP contribution in [0.1, 0.15) is 50.0 Å². The van der Waals surface area contributed by atoms with E-state index >= 15 is 0 Å². The maximum atomic E-state index is 13.2. The Kier molecular flexibility index (Phi) is 6.43. The molecule has 4 aliphatic rings. The van der Waals surface area contributed by atoms with Crippen LogP contribution in [0, 0.1) is 0 Å². The maximum Gasteiger partial charge on any atom is 0.511 e. The van der Waals surface area contributed by atoms with Crippen LogP contribution >= 0.6 is 0 Å². The van der Waals surface area contributed by atoms with Crippen LogP contribution in [0.15, 0.2) is 18.3 Å². The highest BCUT2D eigenvalue weighted by Gasteiger charge is 2.49. The highest BCUT2D eigenvalue weighted by atomic mass is 32.2. The molecule has 2 aromatic rings. The van der Waals surface area contributed by atoms with Gasteiger partial charge in [0.2, 0.25) is 0 Å². The van der Waals surface area contributed by atoms with E-state index in [1.807, 2.05) is 6.07 Å². The van der Waals surface area contributed by atoms with Crippen molar-refractivity contribution < 1.29 is 35.9 Å². The number of hydrogen-bond donors (Lipinski definition) is 2. The van der Waals surface area contributed by atoms with Crippen molar-refractivity contribution in [2.24, 2.45) is 0 Å². The number of carbonyl (C=O) groups is 1.